The minimum absolute atomic E-state index is 0.199. The van der Waals surface area contributed by atoms with Crippen LogP contribution in [0.5, 0.6) is 0 Å². The molecule has 16 heavy (non-hydrogen) atoms. The molecular weight excluding hydrogens is 204 g/mol. The van der Waals surface area contributed by atoms with Gasteiger partial charge in [0.1, 0.15) is 0 Å². The number of rotatable bonds is 5. The molecule has 0 saturated carbocycles. The van der Waals surface area contributed by atoms with Gasteiger partial charge < -0.3 is 20.9 Å². The topological polar surface area (TPSA) is 61.6 Å². The van der Waals surface area contributed by atoms with E-state index in [1.165, 1.54) is 0 Å². The van der Waals surface area contributed by atoms with E-state index in [4.69, 9.17) is 5.73 Å². The van der Waals surface area contributed by atoms with Crippen LogP contribution in [0.25, 0.3) is 0 Å². The third kappa shape index (κ3) is 3.73. The molecule has 1 heterocycles. The molecule has 1 fully saturated rings. The van der Waals surface area contributed by atoms with Crippen molar-refractivity contribution >= 4 is 5.91 Å². The number of hydrogen-bond acceptors (Lipinski definition) is 4. The molecule has 5 nitrogen and oxygen atoms in total. The Hall–Kier alpha value is -0.650. The van der Waals surface area contributed by atoms with Gasteiger partial charge in [0.25, 0.3) is 0 Å². The van der Waals surface area contributed by atoms with E-state index in [2.05, 4.69) is 29.1 Å². The van der Waals surface area contributed by atoms with E-state index in [0.717, 1.165) is 32.6 Å². The lowest BCUT2D eigenvalue weighted by Crippen LogP contribution is -2.51. The van der Waals surface area contributed by atoms with Gasteiger partial charge in [0.15, 0.2) is 0 Å². The summed E-state index contributed by atoms with van der Waals surface area (Å²) in [4.78, 5) is 15.8. The number of carbonyl (C=O) groups is 1. The van der Waals surface area contributed by atoms with Crippen molar-refractivity contribution in [3.63, 3.8) is 0 Å². The Labute approximate surface area is 98.0 Å². The summed E-state index contributed by atoms with van der Waals surface area (Å²) in [6, 6.07) is 0.394. The smallest absolute Gasteiger partial charge is 0.234 e. The fraction of sp³-hybridized carbons (Fsp3) is 0.909. The molecule has 0 aromatic rings. The van der Waals surface area contributed by atoms with Crippen LogP contribution in [0.2, 0.25) is 0 Å². The van der Waals surface area contributed by atoms with E-state index >= 15 is 0 Å². The third-order valence-electron chi connectivity index (χ3n) is 3.47. The molecule has 0 aliphatic carbocycles. The van der Waals surface area contributed by atoms with Gasteiger partial charge >= 0.3 is 0 Å². The second kappa shape index (κ2) is 6.18. The van der Waals surface area contributed by atoms with Crippen LogP contribution in [0, 0.1) is 0 Å². The van der Waals surface area contributed by atoms with Crippen LogP contribution in [-0.2, 0) is 4.79 Å². The van der Waals surface area contributed by atoms with Crippen molar-refractivity contribution in [2.24, 2.45) is 5.73 Å². The van der Waals surface area contributed by atoms with Gasteiger partial charge in [0.05, 0.1) is 6.04 Å². The Morgan fingerprint density at radius 3 is 2.75 bits per heavy atom. The summed E-state index contributed by atoms with van der Waals surface area (Å²) in [5.74, 6) is -0.260. The number of primary amides is 1. The number of amides is 1. The predicted octanol–water partition coefficient (Wildman–Crippen LogP) is -0.914. The molecule has 3 N–H and O–H groups in total. The van der Waals surface area contributed by atoms with Crippen molar-refractivity contribution in [2.75, 3.05) is 40.3 Å². The van der Waals surface area contributed by atoms with Crippen LogP contribution in [0.3, 0.4) is 0 Å². The van der Waals surface area contributed by atoms with Crippen LogP contribution >= 0.6 is 0 Å². The molecule has 0 aromatic carbocycles. The summed E-state index contributed by atoms with van der Waals surface area (Å²) in [6.45, 7) is 6.42. The summed E-state index contributed by atoms with van der Waals surface area (Å²) < 4.78 is 0. The zero-order valence-corrected chi connectivity index (χ0v) is 10.6. The SMILES string of the molecule is CNC(CCN1CCN(C)C(C)C1)C(N)=O. The number of nitrogens with one attached hydrogen (secondary N) is 1. The highest BCUT2D eigenvalue weighted by Crippen LogP contribution is 2.07. The second-order valence-corrected chi connectivity index (χ2v) is 4.66. The molecule has 2 atom stereocenters. The standard InChI is InChI=1S/C11H24N4O/c1-9-8-15(7-6-14(9)3)5-4-10(13-2)11(12)16/h9-10,13H,4-8H2,1-3H3,(H2,12,16). The predicted molar refractivity (Wildman–Crippen MR) is 65.2 cm³/mol. The average Bonchev–Trinajstić information content (AvgIpc) is 2.23. The first-order valence-electron chi connectivity index (χ1n) is 5.93. The molecule has 0 spiro atoms. The second-order valence-electron chi connectivity index (χ2n) is 4.66. The van der Waals surface area contributed by atoms with Gasteiger partial charge in [-0.15, -0.1) is 0 Å². The van der Waals surface area contributed by atoms with Gasteiger partial charge in [-0.3, -0.25) is 4.79 Å². The zero-order chi connectivity index (χ0) is 12.1. The van der Waals surface area contributed by atoms with Crippen molar-refractivity contribution in [1.82, 2.24) is 15.1 Å². The average molecular weight is 228 g/mol. The van der Waals surface area contributed by atoms with Crippen LogP contribution in [0.1, 0.15) is 13.3 Å². The molecule has 2 unspecified atom stereocenters. The maximum atomic E-state index is 11.1. The molecular formula is C11H24N4O. The van der Waals surface area contributed by atoms with Gasteiger partial charge in [0, 0.05) is 32.2 Å². The van der Waals surface area contributed by atoms with Crippen molar-refractivity contribution in [3.8, 4) is 0 Å². The molecule has 0 aromatic heterocycles. The maximum Gasteiger partial charge on any atom is 0.234 e. The summed E-state index contributed by atoms with van der Waals surface area (Å²) >= 11 is 0. The zero-order valence-electron chi connectivity index (χ0n) is 10.6. The molecule has 5 heteroatoms. The van der Waals surface area contributed by atoms with Gasteiger partial charge in [-0.05, 0) is 27.4 Å². The fourth-order valence-corrected chi connectivity index (χ4v) is 2.07. The monoisotopic (exact) mass is 228 g/mol. The lowest BCUT2D eigenvalue weighted by Gasteiger charge is -2.38. The van der Waals surface area contributed by atoms with E-state index in [0.29, 0.717) is 6.04 Å². The number of nitrogens with zero attached hydrogens (tertiary/aromatic N) is 2. The highest BCUT2D eigenvalue weighted by molar-refractivity contribution is 5.79. The van der Waals surface area contributed by atoms with Crippen LogP contribution < -0.4 is 11.1 Å². The maximum absolute atomic E-state index is 11.1. The number of piperazine rings is 1. The van der Waals surface area contributed by atoms with E-state index in [-0.39, 0.29) is 11.9 Å². The quantitative estimate of drug-likeness (QED) is 0.639. The molecule has 94 valence electrons. The van der Waals surface area contributed by atoms with Crippen molar-refractivity contribution in [1.29, 1.82) is 0 Å². The lowest BCUT2D eigenvalue weighted by atomic mass is 10.1. The molecule has 1 amide bonds. The van der Waals surface area contributed by atoms with Crippen LogP contribution in [0.15, 0.2) is 0 Å². The van der Waals surface area contributed by atoms with Gasteiger partial charge in [0.2, 0.25) is 5.91 Å². The van der Waals surface area contributed by atoms with Gasteiger partial charge in [-0.1, -0.05) is 0 Å². The van der Waals surface area contributed by atoms with Gasteiger partial charge in [-0.25, -0.2) is 0 Å². The number of likely N-dealkylation sites (N-methyl/N-ethyl adjacent to an activating group) is 2. The van der Waals surface area contributed by atoms with Crippen molar-refractivity contribution in [2.45, 2.75) is 25.4 Å². The largest absolute Gasteiger partial charge is 0.368 e. The van der Waals surface area contributed by atoms with E-state index in [9.17, 15) is 4.79 Å². The molecule has 1 aliphatic heterocycles. The Bertz CT molecular complexity index is 234. The summed E-state index contributed by atoms with van der Waals surface area (Å²) in [7, 11) is 3.93. The Balaban J connectivity index is 2.30. The Kier molecular flexibility index (Phi) is 5.18. The fourth-order valence-electron chi connectivity index (χ4n) is 2.07. The van der Waals surface area contributed by atoms with Gasteiger partial charge in [-0.2, -0.15) is 0 Å². The number of hydrogen-bond donors (Lipinski definition) is 2. The minimum atomic E-state index is -0.260. The van der Waals surface area contributed by atoms with E-state index in [1.54, 1.807) is 7.05 Å². The van der Waals surface area contributed by atoms with E-state index < -0.39 is 0 Å². The van der Waals surface area contributed by atoms with E-state index in [1.807, 2.05) is 0 Å². The third-order valence-corrected chi connectivity index (χ3v) is 3.47. The summed E-state index contributed by atoms with van der Waals surface area (Å²) in [6.07, 6.45) is 0.794. The highest BCUT2D eigenvalue weighted by Gasteiger charge is 2.21. The number of nitrogens with two attached hydrogens (primary N) is 1. The molecule has 1 aliphatic rings. The first kappa shape index (κ1) is 13.4. The normalized spacial score (nSPS) is 25.6. The Morgan fingerprint density at radius 1 is 1.56 bits per heavy atom. The molecule has 0 radical (unpaired) electrons. The first-order chi connectivity index (χ1) is 7.54. The summed E-state index contributed by atoms with van der Waals surface area (Å²) in [5.41, 5.74) is 5.28. The van der Waals surface area contributed by atoms with Crippen molar-refractivity contribution in [3.05, 3.63) is 0 Å². The number of carbonyl (C=O) groups excluding carboxylic acids is 1. The van der Waals surface area contributed by atoms with Crippen LogP contribution in [0.4, 0.5) is 0 Å². The lowest BCUT2D eigenvalue weighted by molar-refractivity contribution is -0.120. The molecule has 1 rings (SSSR count). The van der Waals surface area contributed by atoms with Crippen LogP contribution in [-0.4, -0.2) is 68.1 Å². The minimum Gasteiger partial charge on any atom is -0.368 e. The Morgan fingerprint density at radius 2 is 2.25 bits per heavy atom. The highest BCUT2D eigenvalue weighted by atomic mass is 16.1. The molecule has 0 bridgehead atoms. The van der Waals surface area contributed by atoms with Crippen molar-refractivity contribution < 1.29 is 4.79 Å². The first-order valence-corrected chi connectivity index (χ1v) is 5.93. The molecule has 1 saturated heterocycles. The summed E-state index contributed by atoms with van der Waals surface area (Å²) in [5, 5.41) is 2.95.